The molecule has 13 nitrogen and oxygen atoms in total. The minimum atomic E-state index is -4.63. The van der Waals surface area contributed by atoms with Gasteiger partial charge in [0.1, 0.15) is 35.4 Å². The first-order chi connectivity index (χ1) is 16.2. The van der Waals surface area contributed by atoms with Crippen LogP contribution >= 0.6 is 0 Å². The van der Waals surface area contributed by atoms with Crippen LogP contribution in [0, 0.1) is 0 Å². The number of carbonyl (C=O) groups excluding carboxylic acids is 1. The summed E-state index contributed by atoms with van der Waals surface area (Å²) in [4.78, 5) is 21.6. The molecule has 3 aromatic rings. The van der Waals surface area contributed by atoms with E-state index in [4.69, 9.17) is 14.7 Å². The summed E-state index contributed by atoms with van der Waals surface area (Å²) in [7, 11) is -4.63. The van der Waals surface area contributed by atoms with Gasteiger partial charge in [0.2, 0.25) is 0 Å². The number of phenols is 1. The Bertz CT molecular complexity index is 1390. The van der Waals surface area contributed by atoms with Gasteiger partial charge in [-0.3, -0.25) is 13.5 Å². The normalized spacial score (nSPS) is 26.9. The fourth-order valence-electron chi connectivity index (χ4n) is 4.23. The standard InChI is InChI=1S/C20H21N5O8S/c21-10-6-7-22-18-15(10)23-13-5-4-9-2-1-3-11(26)14(9)19(29)24-34(30,31)32-8-12-16(27)17(28)20(33-12)25(13)18/h1-3,6-7,12,16-17,20,26-28H,4-5,8H2,(H2,21,22)(H,24,29)/t12-,16-,17-,20-/m1/s1. The van der Waals surface area contributed by atoms with E-state index in [-0.39, 0.29) is 18.4 Å². The summed E-state index contributed by atoms with van der Waals surface area (Å²) in [6.07, 6.45) is -3.60. The molecule has 0 unspecified atom stereocenters. The van der Waals surface area contributed by atoms with Gasteiger partial charge in [0, 0.05) is 12.6 Å². The van der Waals surface area contributed by atoms with Gasteiger partial charge in [-0.25, -0.2) is 14.7 Å². The fraction of sp³-hybridized carbons (Fsp3) is 0.350. The molecule has 4 atom stereocenters. The number of phenolic OH excluding ortho intramolecular Hbond substituents is 1. The Morgan fingerprint density at radius 2 is 1.97 bits per heavy atom. The van der Waals surface area contributed by atoms with Crippen molar-refractivity contribution in [3.8, 4) is 5.75 Å². The lowest BCUT2D eigenvalue weighted by molar-refractivity contribution is -0.0481. The highest BCUT2D eigenvalue weighted by Crippen LogP contribution is 2.35. The number of imidazole rings is 1. The van der Waals surface area contributed by atoms with Crippen molar-refractivity contribution in [2.24, 2.45) is 0 Å². The quantitative estimate of drug-likeness (QED) is 0.262. The number of anilines is 1. The minimum Gasteiger partial charge on any atom is -0.507 e. The summed E-state index contributed by atoms with van der Waals surface area (Å²) in [5, 5.41) is 31.5. The molecule has 2 aliphatic rings. The zero-order valence-electron chi connectivity index (χ0n) is 17.5. The molecule has 1 saturated heterocycles. The Kier molecular flexibility index (Phi) is 5.41. The third-order valence-corrected chi connectivity index (χ3v) is 6.74. The second-order valence-corrected chi connectivity index (χ2v) is 9.35. The highest BCUT2D eigenvalue weighted by molar-refractivity contribution is 7.85. The third-order valence-electron chi connectivity index (χ3n) is 5.85. The van der Waals surface area contributed by atoms with Crippen molar-refractivity contribution in [1.29, 1.82) is 0 Å². The maximum Gasteiger partial charge on any atom is 0.362 e. The minimum absolute atomic E-state index is 0.149. The molecule has 0 radical (unpaired) electrons. The number of hydrogen-bond donors (Lipinski definition) is 5. The van der Waals surface area contributed by atoms with E-state index in [0.29, 0.717) is 28.2 Å². The predicted octanol–water partition coefficient (Wildman–Crippen LogP) is -0.872. The number of pyridine rings is 1. The average molecular weight is 491 g/mol. The second-order valence-electron chi connectivity index (χ2n) is 8.00. The van der Waals surface area contributed by atoms with Gasteiger partial charge in [0.25, 0.3) is 5.91 Å². The lowest BCUT2D eigenvalue weighted by atomic mass is 10.0. The van der Waals surface area contributed by atoms with Gasteiger partial charge in [0.15, 0.2) is 11.9 Å². The number of carbonyl (C=O) groups is 1. The second kappa shape index (κ2) is 8.18. The number of aliphatic hydroxyl groups is 2. The first kappa shape index (κ1) is 22.5. The van der Waals surface area contributed by atoms with E-state index in [0.717, 1.165) is 0 Å². The van der Waals surface area contributed by atoms with Gasteiger partial charge in [-0.05, 0) is 24.1 Å². The maximum absolute atomic E-state index is 12.7. The number of aryl methyl sites for hydroxylation is 2. The van der Waals surface area contributed by atoms with Crippen molar-refractivity contribution in [3.05, 3.63) is 47.4 Å². The van der Waals surface area contributed by atoms with E-state index in [1.165, 1.54) is 22.9 Å². The van der Waals surface area contributed by atoms with Crippen LogP contribution in [0.3, 0.4) is 0 Å². The van der Waals surface area contributed by atoms with E-state index in [1.54, 1.807) is 16.9 Å². The zero-order valence-corrected chi connectivity index (χ0v) is 18.3. The molecule has 1 aromatic carbocycles. The summed E-state index contributed by atoms with van der Waals surface area (Å²) < 4.78 is 38.5. The molecule has 34 heavy (non-hydrogen) atoms. The van der Waals surface area contributed by atoms with Crippen LogP contribution in [0.25, 0.3) is 11.2 Å². The number of nitrogens with one attached hydrogen (secondary N) is 1. The molecule has 1 fully saturated rings. The van der Waals surface area contributed by atoms with Crippen molar-refractivity contribution >= 4 is 33.1 Å². The number of aromatic nitrogens is 3. The molecule has 14 heteroatoms. The number of nitrogens with zero attached hydrogens (tertiary/aromatic N) is 3. The number of benzene rings is 1. The van der Waals surface area contributed by atoms with E-state index in [1.807, 2.05) is 0 Å². The number of ether oxygens (including phenoxy) is 1. The number of rotatable bonds is 0. The summed E-state index contributed by atoms with van der Waals surface area (Å²) in [5.41, 5.74) is 7.15. The Hall–Kier alpha value is -3.30. The lowest BCUT2D eigenvalue weighted by Crippen LogP contribution is -2.38. The van der Waals surface area contributed by atoms with Crippen LogP contribution < -0.4 is 10.5 Å². The largest absolute Gasteiger partial charge is 0.507 e. The van der Waals surface area contributed by atoms with Gasteiger partial charge < -0.3 is 25.8 Å². The van der Waals surface area contributed by atoms with Crippen LogP contribution in [-0.4, -0.2) is 69.1 Å². The number of amides is 1. The molecule has 2 aromatic heterocycles. The SMILES string of the molecule is Nc1ccnc2c1nc1n2[C@@H]2O[C@H](COS(=O)(=O)NC(=O)c3c(O)cccc3CC1)[C@@H](O)[C@H]2O. The van der Waals surface area contributed by atoms with Crippen molar-refractivity contribution in [3.63, 3.8) is 0 Å². The smallest absolute Gasteiger partial charge is 0.362 e. The summed E-state index contributed by atoms with van der Waals surface area (Å²) in [6, 6.07) is 5.90. The van der Waals surface area contributed by atoms with E-state index >= 15 is 0 Å². The van der Waals surface area contributed by atoms with Crippen molar-refractivity contribution < 1.29 is 37.5 Å². The summed E-state index contributed by atoms with van der Waals surface area (Å²) in [6.45, 7) is -0.692. The fourth-order valence-corrected chi connectivity index (χ4v) is 4.93. The molecule has 0 spiro atoms. The Morgan fingerprint density at radius 1 is 1.18 bits per heavy atom. The van der Waals surface area contributed by atoms with Crippen molar-refractivity contribution in [2.75, 3.05) is 12.3 Å². The van der Waals surface area contributed by atoms with Gasteiger partial charge in [-0.15, -0.1) is 0 Å². The first-order valence-electron chi connectivity index (χ1n) is 10.3. The van der Waals surface area contributed by atoms with Gasteiger partial charge in [-0.2, -0.15) is 8.42 Å². The molecule has 2 aliphatic heterocycles. The Morgan fingerprint density at radius 3 is 2.76 bits per heavy atom. The average Bonchev–Trinajstić information content (AvgIpc) is 3.28. The highest BCUT2D eigenvalue weighted by Gasteiger charge is 2.46. The monoisotopic (exact) mass is 491 g/mol. The van der Waals surface area contributed by atoms with Crippen molar-refractivity contribution in [1.82, 2.24) is 19.3 Å². The van der Waals surface area contributed by atoms with E-state index < -0.39 is 53.1 Å². The van der Waals surface area contributed by atoms with Crippen LogP contribution in [0.2, 0.25) is 0 Å². The number of fused-ring (bicyclic) bond motifs is 7. The summed E-state index contributed by atoms with van der Waals surface area (Å²) in [5.74, 6) is -1.11. The predicted molar refractivity (Wildman–Crippen MR) is 116 cm³/mol. The molecule has 6 N–H and O–H groups in total. The van der Waals surface area contributed by atoms with Gasteiger partial charge in [-0.1, -0.05) is 12.1 Å². The number of aliphatic hydroxyl groups excluding tert-OH is 2. The maximum atomic E-state index is 12.7. The molecule has 4 heterocycles. The van der Waals surface area contributed by atoms with Crippen LogP contribution in [-0.2, 0) is 32.1 Å². The molecular formula is C20H21N5O8S. The van der Waals surface area contributed by atoms with Gasteiger partial charge in [0.05, 0.1) is 17.9 Å². The lowest BCUT2D eigenvalue weighted by Gasteiger charge is -2.20. The third kappa shape index (κ3) is 3.74. The van der Waals surface area contributed by atoms with E-state index in [9.17, 15) is 28.5 Å². The zero-order chi connectivity index (χ0) is 24.2. The molecule has 2 bridgehead atoms. The topological polar surface area (TPSA) is 199 Å². The number of hydrogen-bond acceptors (Lipinski definition) is 11. The molecule has 180 valence electrons. The van der Waals surface area contributed by atoms with Gasteiger partial charge >= 0.3 is 10.3 Å². The van der Waals surface area contributed by atoms with Crippen molar-refractivity contribution in [2.45, 2.75) is 37.4 Å². The van der Waals surface area contributed by atoms with Crippen LogP contribution in [0.5, 0.6) is 5.75 Å². The Labute approximate surface area is 193 Å². The molecule has 0 aliphatic carbocycles. The van der Waals surface area contributed by atoms with E-state index in [2.05, 4.69) is 9.97 Å². The number of nitrogen functional groups attached to an aromatic ring is 1. The first-order valence-corrected chi connectivity index (χ1v) is 11.7. The van der Waals surface area contributed by atoms with Crippen LogP contribution in [0.4, 0.5) is 5.69 Å². The number of nitrogens with two attached hydrogens (primary N) is 1. The van der Waals surface area contributed by atoms with Crippen LogP contribution in [0.1, 0.15) is 28.0 Å². The molecule has 1 amide bonds. The summed E-state index contributed by atoms with van der Waals surface area (Å²) >= 11 is 0. The van der Waals surface area contributed by atoms with Crippen LogP contribution in [0.15, 0.2) is 30.5 Å². The number of aromatic hydroxyl groups is 1. The molecule has 5 rings (SSSR count). The molecule has 0 saturated carbocycles. The molecular weight excluding hydrogens is 470 g/mol. The Balaban J connectivity index is 1.67. The highest BCUT2D eigenvalue weighted by atomic mass is 32.2.